The summed E-state index contributed by atoms with van der Waals surface area (Å²) in [5, 5.41) is 0.475. The van der Waals surface area contributed by atoms with Crippen LogP contribution in [0.3, 0.4) is 0 Å². The lowest BCUT2D eigenvalue weighted by molar-refractivity contribution is 0.617. The molecule has 70 valence electrons. The van der Waals surface area contributed by atoms with Crippen molar-refractivity contribution in [1.82, 2.24) is 0 Å². The summed E-state index contributed by atoms with van der Waals surface area (Å²) < 4.78 is 13.0. The molecule has 2 nitrogen and oxygen atoms in total. The van der Waals surface area contributed by atoms with Gasteiger partial charge in [-0.2, -0.15) is 0 Å². The topological polar surface area (TPSA) is 38.4 Å². The van der Waals surface area contributed by atoms with E-state index < -0.39 is 0 Å². The van der Waals surface area contributed by atoms with Crippen molar-refractivity contribution in [2.45, 2.75) is 5.75 Å². The number of amidine groups is 1. The largest absolute Gasteiger partial charge is 0.379 e. The zero-order valence-corrected chi connectivity index (χ0v) is 8.14. The summed E-state index contributed by atoms with van der Waals surface area (Å²) >= 11 is 1.33. The van der Waals surface area contributed by atoms with Gasteiger partial charge in [-0.3, -0.25) is 4.99 Å². The number of halogens is 1. The highest BCUT2D eigenvalue weighted by Crippen LogP contribution is 2.14. The number of rotatable bonds is 2. The van der Waals surface area contributed by atoms with Crippen LogP contribution in [-0.4, -0.2) is 12.2 Å². The van der Waals surface area contributed by atoms with Gasteiger partial charge in [0.05, 0.1) is 0 Å². The van der Waals surface area contributed by atoms with Crippen molar-refractivity contribution in [3.63, 3.8) is 0 Å². The van der Waals surface area contributed by atoms with Crippen molar-refractivity contribution in [3.05, 3.63) is 35.6 Å². The summed E-state index contributed by atoms with van der Waals surface area (Å²) in [6.07, 6.45) is 0. The minimum Gasteiger partial charge on any atom is -0.379 e. The van der Waals surface area contributed by atoms with E-state index in [0.29, 0.717) is 16.5 Å². The first-order valence-electron chi connectivity index (χ1n) is 3.82. The standard InChI is InChI=1S/C9H11FN2S/c1-12-9(11)13-6-7-4-2-3-5-8(7)10/h2-5H,6H2,1H3,(H2,11,12). The Morgan fingerprint density at radius 2 is 2.23 bits per heavy atom. The third-order valence-electron chi connectivity index (χ3n) is 1.55. The normalized spacial score (nSPS) is 11.7. The second-order valence-electron chi connectivity index (χ2n) is 2.44. The molecule has 0 unspecified atom stereocenters. The summed E-state index contributed by atoms with van der Waals surface area (Å²) in [4.78, 5) is 3.77. The van der Waals surface area contributed by atoms with Crippen LogP contribution in [-0.2, 0) is 5.75 Å². The molecule has 0 fully saturated rings. The number of thioether (sulfide) groups is 1. The molecule has 0 radical (unpaired) electrons. The molecule has 0 bridgehead atoms. The fraction of sp³-hybridized carbons (Fsp3) is 0.222. The van der Waals surface area contributed by atoms with Crippen LogP contribution in [0.4, 0.5) is 4.39 Å². The van der Waals surface area contributed by atoms with Crippen molar-refractivity contribution in [1.29, 1.82) is 0 Å². The second kappa shape index (κ2) is 4.87. The maximum Gasteiger partial charge on any atom is 0.153 e. The number of aliphatic imine (C=N–C) groups is 1. The fourth-order valence-electron chi connectivity index (χ4n) is 0.832. The van der Waals surface area contributed by atoms with Crippen LogP contribution in [0.15, 0.2) is 29.3 Å². The molecule has 0 saturated heterocycles. The Morgan fingerprint density at radius 1 is 1.54 bits per heavy atom. The van der Waals surface area contributed by atoms with Gasteiger partial charge < -0.3 is 5.73 Å². The quantitative estimate of drug-likeness (QED) is 0.583. The molecule has 4 heteroatoms. The lowest BCUT2D eigenvalue weighted by Crippen LogP contribution is -2.06. The van der Waals surface area contributed by atoms with E-state index in [1.54, 1.807) is 25.2 Å². The van der Waals surface area contributed by atoms with Crippen LogP contribution in [0.5, 0.6) is 0 Å². The van der Waals surface area contributed by atoms with Crippen LogP contribution >= 0.6 is 11.8 Å². The van der Waals surface area contributed by atoms with Crippen molar-refractivity contribution in [2.24, 2.45) is 10.7 Å². The van der Waals surface area contributed by atoms with E-state index >= 15 is 0 Å². The molecule has 0 heterocycles. The first kappa shape index (κ1) is 10.1. The van der Waals surface area contributed by atoms with Gasteiger partial charge in [0.25, 0.3) is 0 Å². The average Bonchev–Trinajstić information content (AvgIpc) is 2.16. The van der Waals surface area contributed by atoms with Crippen LogP contribution < -0.4 is 5.73 Å². The molecule has 0 aliphatic rings. The maximum absolute atomic E-state index is 13.0. The SMILES string of the molecule is CN=C(N)SCc1ccccc1F. The Balaban J connectivity index is 2.60. The molecule has 0 spiro atoms. The van der Waals surface area contributed by atoms with Gasteiger partial charge >= 0.3 is 0 Å². The molecular weight excluding hydrogens is 187 g/mol. The molecule has 0 atom stereocenters. The Morgan fingerprint density at radius 3 is 2.85 bits per heavy atom. The van der Waals surface area contributed by atoms with E-state index in [1.807, 2.05) is 0 Å². The summed E-state index contributed by atoms with van der Waals surface area (Å²) in [6.45, 7) is 0. The Bertz CT molecular complexity index is 312. The number of hydrogen-bond acceptors (Lipinski definition) is 2. The molecular formula is C9H11FN2S. The first-order valence-corrected chi connectivity index (χ1v) is 4.81. The minimum atomic E-state index is -0.195. The minimum absolute atomic E-state index is 0.195. The molecule has 0 aromatic heterocycles. The van der Waals surface area contributed by atoms with Gasteiger partial charge in [-0.15, -0.1) is 0 Å². The van der Waals surface area contributed by atoms with E-state index in [1.165, 1.54) is 17.8 Å². The molecule has 2 N–H and O–H groups in total. The summed E-state index contributed by atoms with van der Waals surface area (Å²) in [5.74, 6) is 0.328. The summed E-state index contributed by atoms with van der Waals surface area (Å²) in [7, 11) is 1.61. The van der Waals surface area contributed by atoms with Crippen LogP contribution in [0.25, 0.3) is 0 Å². The van der Waals surface area contributed by atoms with E-state index in [0.717, 1.165) is 0 Å². The monoisotopic (exact) mass is 198 g/mol. The molecule has 0 aliphatic carbocycles. The zero-order valence-electron chi connectivity index (χ0n) is 7.33. The fourth-order valence-corrected chi connectivity index (χ4v) is 1.50. The molecule has 0 amide bonds. The maximum atomic E-state index is 13.0. The molecule has 0 saturated carbocycles. The third kappa shape index (κ3) is 3.06. The Hall–Kier alpha value is -1.03. The van der Waals surface area contributed by atoms with E-state index in [2.05, 4.69) is 4.99 Å². The van der Waals surface area contributed by atoms with Gasteiger partial charge in [0.15, 0.2) is 5.17 Å². The van der Waals surface area contributed by atoms with Gasteiger partial charge in [-0.25, -0.2) is 4.39 Å². The third-order valence-corrected chi connectivity index (χ3v) is 2.49. The van der Waals surface area contributed by atoms with Gasteiger partial charge in [0, 0.05) is 12.8 Å². The van der Waals surface area contributed by atoms with Crippen LogP contribution in [0.1, 0.15) is 5.56 Å². The zero-order chi connectivity index (χ0) is 9.68. The van der Waals surface area contributed by atoms with Gasteiger partial charge in [-0.05, 0) is 11.6 Å². The van der Waals surface area contributed by atoms with E-state index in [4.69, 9.17) is 5.73 Å². The molecule has 1 aromatic rings. The number of hydrogen-bond donors (Lipinski definition) is 1. The summed E-state index contributed by atoms with van der Waals surface area (Å²) in [5.41, 5.74) is 6.11. The number of nitrogens with two attached hydrogens (primary N) is 1. The number of benzene rings is 1. The lowest BCUT2D eigenvalue weighted by atomic mass is 10.2. The van der Waals surface area contributed by atoms with Crippen molar-refractivity contribution >= 4 is 16.9 Å². The average molecular weight is 198 g/mol. The smallest absolute Gasteiger partial charge is 0.153 e. The molecule has 0 aliphatic heterocycles. The molecule has 1 aromatic carbocycles. The van der Waals surface area contributed by atoms with Crippen molar-refractivity contribution in [2.75, 3.05) is 7.05 Å². The first-order chi connectivity index (χ1) is 6.24. The van der Waals surface area contributed by atoms with Gasteiger partial charge in [0.2, 0.25) is 0 Å². The van der Waals surface area contributed by atoms with E-state index in [9.17, 15) is 4.39 Å². The van der Waals surface area contributed by atoms with Crippen LogP contribution in [0.2, 0.25) is 0 Å². The van der Waals surface area contributed by atoms with Crippen molar-refractivity contribution in [3.8, 4) is 0 Å². The molecule has 1 rings (SSSR count). The summed E-state index contributed by atoms with van der Waals surface area (Å²) in [6, 6.07) is 6.65. The highest BCUT2D eigenvalue weighted by atomic mass is 32.2. The predicted molar refractivity (Wildman–Crippen MR) is 55.2 cm³/mol. The van der Waals surface area contributed by atoms with Gasteiger partial charge in [0.1, 0.15) is 5.82 Å². The Kier molecular flexibility index (Phi) is 3.76. The van der Waals surface area contributed by atoms with Crippen LogP contribution in [0, 0.1) is 5.82 Å². The van der Waals surface area contributed by atoms with E-state index in [-0.39, 0.29) is 5.82 Å². The highest BCUT2D eigenvalue weighted by molar-refractivity contribution is 8.13. The predicted octanol–water partition coefficient (Wildman–Crippen LogP) is 2.00. The highest BCUT2D eigenvalue weighted by Gasteiger charge is 2.01. The second-order valence-corrected chi connectivity index (χ2v) is 3.44. The van der Waals surface area contributed by atoms with Gasteiger partial charge in [-0.1, -0.05) is 30.0 Å². The Labute approximate surface area is 81.1 Å². The van der Waals surface area contributed by atoms with Crippen molar-refractivity contribution < 1.29 is 4.39 Å². The lowest BCUT2D eigenvalue weighted by Gasteiger charge is -2.01. The molecule has 13 heavy (non-hydrogen) atoms. The number of nitrogens with zero attached hydrogens (tertiary/aromatic N) is 1.